The Labute approximate surface area is 107 Å². The van der Waals surface area contributed by atoms with Gasteiger partial charge in [0.05, 0.1) is 6.61 Å². The molecule has 90 valence electrons. The number of halogens is 1. The predicted molar refractivity (Wildman–Crippen MR) is 68.6 cm³/mol. The molecule has 0 spiro atoms. The molecule has 1 fully saturated rings. The molecule has 0 saturated carbocycles. The molecule has 1 N–H and O–H groups in total. The Morgan fingerprint density at radius 3 is 3.29 bits per heavy atom. The first-order valence-corrected chi connectivity index (χ1v) is 6.45. The van der Waals surface area contributed by atoms with E-state index in [4.69, 9.17) is 20.9 Å². The van der Waals surface area contributed by atoms with Crippen LogP contribution < -0.4 is 10.8 Å². The van der Waals surface area contributed by atoms with Gasteiger partial charge in [-0.25, -0.2) is 0 Å². The summed E-state index contributed by atoms with van der Waals surface area (Å²) in [7, 11) is -0.218. The van der Waals surface area contributed by atoms with Crippen molar-refractivity contribution in [2.45, 2.75) is 25.5 Å². The lowest BCUT2D eigenvalue weighted by Crippen LogP contribution is -2.37. The summed E-state index contributed by atoms with van der Waals surface area (Å²) in [5.41, 5.74) is 2.26. The number of hydrogen-bond donors (Lipinski definition) is 1. The molecular formula is C12H15BClNO2. The highest BCUT2D eigenvalue weighted by Crippen LogP contribution is 2.17. The predicted octanol–water partition coefficient (Wildman–Crippen LogP) is 1.33. The zero-order valence-corrected chi connectivity index (χ0v) is 10.4. The highest BCUT2D eigenvalue weighted by atomic mass is 35.5. The van der Waals surface area contributed by atoms with Gasteiger partial charge < -0.3 is 14.6 Å². The van der Waals surface area contributed by atoms with Gasteiger partial charge in [0.15, 0.2) is 0 Å². The maximum Gasteiger partial charge on any atom is 0.494 e. The molecule has 2 aliphatic rings. The summed E-state index contributed by atoms with van der Waals surface area (Å²) in [5, 5.41) is 4.17. The molecule has 0 amide bonds. The zero-order valence-electron chi connectivity index (χ0n) is 9.62. The second-order valence-corrected chi connectivity index (χ2v) is 5.05. The summed E-state index contributed by atoms with van der Waals surface area (Å²) in [5.74, 6) is 0. The number of benzene rings is 1. The average molecular weight is 252 g/mol. The minimum atomic E-state index is -0.218. The summed E-state index contributed by atoms with van der Waals surface area (Å²) in [6.45, 7) is 2.41. The van der Waals surface area contributed by atoms with Gasteiger partial charge in [0, 0.05) is 17.7 Å². The number of nitrogens with one attached hydrogen (secondary N) is 1. The summed E-state index contributed by atoms with van der Waals surface area (Å²) in [6, 6.07) is 6.32. The molecule has 1 aromatic carbocycles. The van der Waals surface area contributed by atoms with Crippen LogP contribution in [0.25, 0.3) is 0 Å². The Morgan fingerprint density at radius 2 is 2.47 bits per heavy atom. The molecule has 3 rings (SSSR count). The van der Waals surface area contributed by atoms with Gasteiger partial charge >= 0.3 is 7.12 Å². The molecule has 1 atom stereocenters. The Morgan fingerprint density at radius 1 is 1.53 bits per heavy atom. The monoisotopic (exact) mass is 251 g/mol. The van der Waals surface area contributed by atoms with E-state index in [1.54, 1.807) is 0 Å². The van der Waals surface area contributed by atoms with Crippen LogP contribution in [0.1, 0.15) is 18.4 Å². The fourth-order valence-electron chi connectivity index (χ4n) is 2.42. The Kier molecular flexibility index (Phi) is 3.38. The van der Waals surface area contributed by atoms with Crippen LogP contribution in [0, 0.1) is 0 Å². The average Bonchev–Trinajstić information content (AvgIpc) is 2.94. The first-order valence-electron chi connectivity index (χ1n) is 6.08. The van der Waals surface area contributed by atoms with Gasteiger partial charge in [-0.05, 0) is 42.5 Å². The standard InChI is InChI=1S/C12H15BClNO2/c14-10-3-4-12-9(6-10)7-16-13(12)17-8-11-2-1-5-15-11/h3-4,6,11,15H,1-2,5,7-8H2. The summed E-state index contributed by atoms with van der Waals surface area (Å²) < 4.78 is 11.5. The highest BCUT2D eigenvalue weighted by Gasteiger charge is 2.31. The zero-order chi connectivity index (χ0) is 11.7. The third kappa shape index (κ3) is 2.50. The van der Waals surface area contributed by atoms with E-state index in [1.165, 1.54) is 12.8 Å². The van der Waals surface area contributed by atoms with E-state index in [9.17, 15) is 0 Å². The van der Waals surface area contributed by atoms with Crippen LogP contribution in [0.15, 0.2) is 18.2 Å². The summed E-state index contributed by atoms with van der Waals surface area (Å²) in [4.78, 5) is 0. The second-order valence-electron chi connectivity index (χ2n) is 4.61. The molecule has 5 heteroatoms. The van der Waals surface area contributed by atoms with Crippen molar-refractivity contribution in [3.63, 3.8) is 0 Å². The van der Waals surface area contributed by atoms with Crippen LogP contribution in [0.3, 0.4) is 0 Å². The number of rotatable bonds is 3. The lowest BCUT2D eigenvalue weighted by atomic mass is 9.79. The van der Waals surface area contributed by atoms with E-state index in [0.29, 0.717) is 19.3 Å². The number of hydrogen-bond acceptors (Lipinski definition) is 3. The van der Waals surface area contributed by atoms with Gasteiger partial charge in [0.1, 0.15) is 0 Å². The molecule has 1 saturated heterocycles. The van der Waals surface area contributed by atoms with Crippen LogP contribution in [-0.2, 0) is 15.9 Å². The molecule has 1 unspecified atom stereocenters. The van der Waals surface area contributed by atoms with Crippen molar-refractivity contribution in [2.75, 3.05) is 13.2 Å². The fraction of sp³-hybridized carbons (Fsp3) is 0.500. The van der Waals surface area contributed by atoms with Gasteiger partial charge in [0.2, 0.25) is 0 Å². The molecule has 17 heavy (non-hydrogen) atoms. The maximum atomic E-state index is 5.95. The molecule has 2 aliphatic heterocycles. The molecule has 0 radical (unpaired) electrons. The molecule has 3 nitrogen and oxygen atoms in total. The van der Waals surface area contributed by atoms with Crippen molar-refractivity contribution in [1.29, 1.82) is 0 Å². The Bertz CT molecular complexity index is 409. The van der Waals surface area contributed by atoms with Crippen LogP contribution in [0.5, 0.6) is 0 Å². The van der Waals surface area contributed by atoms with Gasteiger partial charge in [0.25, 0.3) is 0 Å². The van der Waals surface area contributed by atoms with Gasteiger partial charge in [-0.2, -0.15) is 0 Å². The van der Waals surface area contributed by atoms with E-state index in [-0.39, 0.29) is 7.12 Å². The Balaban J connectivity index is 1.63. The first kappa shape index (κ1) is 11.5. The largest absolute Gasteiger partial charge is 0.494 e. The van der Waals surface area contributed by atoms with E-state index in [2.05, 4.69) is 5.32 Å². The summed E-state index contributed by atoms with van der Waals surface area (Å²) >= 11 is 5.95. The van der Waals surface area contributed by atoms with Crippen molar-refractivity contribution < 1.29 is 9.31 Å². The van der Waals surface area contributed by atoms with Crippen LogP contribution >= 0.6 is 11.6 Å². The molecule has 0 aliphatic carbocycles. The third-order valence-corrected chi connectivity index (χ3v) is 3.60. The van der Waals surface area contributed by atoms with Crippen LogP contribution in [0.4, 0.5) is 0 Å². The second kappa shape index (κ2) is 4.98. The first-order chi connectivity index (χ1) is 8.33. The van der Waals surface area contributed by atoms with Crippen molar-refractivity contribution in [1.82, 2.24) is 5.32 Å². The fourth-order valence-corrected chi connectivity index (χ4v) is 2.62. The van der Waals surface area contributed by atoms with Gasteiger partial charge in [-0.3, -0.25) is 0 Å². The maximum absolute atomic E-state index is 5.95. The molecule has 0 aromatic heterocycles. The van der Waals surface area contributed by atoms with Crippen molar-refractivity contribution in [3.05, 3.63) is 28.8 Å². The lowest BCUT2D eigenvalue weighted by molar-refractivity contribution is 0.196. The van der Waals surface area contributed by atoms with Crippen LogP contribution in [-0.4, -0.2) is 26.3 Å². The van der Waals surface area contributed by atoms with Crippen molar-refractivity contribution >= 4 is 24.2 Å². The van der Waals surface area contributed by atoms with E-state index >= 15 is 0 Å². The highest BCUT2D eigenvalue weighted by molar-refractivity contribution is 6.63. The molecule has 0 bridgehead atoms. The van der Waals surface area contributed by atoms with Crippen LogP contribution in [0.2, 0.25) is 5.02 Å². The summed E-state index contributed by atoms with van der Waals surface area (Å²) in [6.07, 6.45) is 2.44. The van der Waals surface area contributed by atoms with Gasteiger partial charge in [-0.1, -0.05) is 17.7 Å². The van der Waals surface area contributed by atoms with Gasteiger partial charge in [-0.15, -0.1) is 0 Å². The minimum Gasteiger partial charge on any atom is -0.406 e. The number of fused-ring (bicyclic) bond motifs is 1. The SMILES string of the molecule is Clc1ccc2c(c1)COB2OCC1CCCN1. The quantitative estimate of drug-likeness (QED) is 0.822. The van der Waals surface area contributed by atoms with E-state index in [0.717, 1.165) is 22.6 Å². The smallest absolute Gasteiger partial charge is 0.406 e. The minimum absolute atomic E-state index is 0.218. The normalized spacial score (nSPS) is 23.1. The molecule has 1 aromatic rings. The van der Waals surface area contributed by atoms with Crippen molar-refractivity contribution in [3.8, 4) is 0 Å². The lowest BCUT2D eigenvalue weighted by Gasteiger charge is -2.13. The molecule has 2 heterocycles. The molecular weight excluding hydrogens is 236 g/mol. The topological polar surface area (TPSA) is 30.5 Å². The van der Waals surface area contributed by atoms with E-state index in [1.807, 2.05) is 18.2 Å². The van der Waals surface area contributed by atoms with E-state index < -0.39 is 0 Å². The Hall–Kier alpha value is -0.545. The van der Waals surface area contributed by atoms with Crippen molar-refractivity contribution in [2.24, 2.45) is 0 Å². The third-order valence-electron chi connectivity index (χ3n) is 3.36.